The Morgan fingerprint density at radius 2 is 1.86 bits per heavy atom. The second-order valence-electron chi connectivity index (χ2n) is 6.29. The normalized spacial score (nSPS) is 11.5. The average molecular weight is 422 g/mol. The van der Waals surface area contributed by atoms with Crippen molar-refractivity contribution < 1.29 is 14.3 Å². The van der Waals surface area contributed by atoms with Gasteiger partial charge in [0, 0.05) is 20.6 Å². The minimum Gasteiger partial charge on any atom is -0.494 e. The molecule has 0 aliphatic rings. The molecule has 0 fully saturated rings. The largest absolute Gasteiger partial charge is 0.494 e. The molecule has 29 heavy (non-hydrogen) atoms. The van der Waals surface area contributed by atoms with Crippen LogP contribution in [0.2, 0.25) is 0 Å². The molecule has 2 aromatic rings. The molecule has 0 aliphatic carbocycles. The standard InChI is InChI=1S/C19H23FN4O4S/c1-4-5-10-21-14(25)11-29-16(22-13-8-6-12(20)7-9-13)15-17(26)23(2)19(28)24(3)18(15)27/h6-9,26H,4-5,10-11H2,1-3H3,(H,21,25). The number of rotatable bonds is 7. The Kier molecular flexibility index (Phi) is 7.77. The maximum absolute atomic E-state index is 13.2. The first-order valence-corrected chi connectivity index (χ1v) is 9.98. The van der Waals surface area contributed by atoms with Crippen LogP contribution in [0.4, 0.5) is 10.1 Å². The second kappa shape index (κ2) is 10.1. The number of thioether (sulfide) groups is 1. The predicted molar refractivity (Wildman–Crippen MR) is 112 cm³/mol. The number of nitrogens with zero attached hydrogens (tertiary/aromatic N) is 3. The third-order valence-corrected chi connectivity index (χ3v) is 5.07. The molecule has 0 saturated carbocycles. The van der Waals surface area contributed by atoms with Crippen LogP contribution in [0.25, 0.3) is 0 Å². The summed E-state index contributed by atoms with van der Waals surface area (Å²) in [7, 11) is 2.60. The van der Waals surface area contributed by atoms with Crippen LogP contribution >= 0.6 is 11.8 Å². The number of hydrogen-bond donors (Lipinski definition) is 2. The number of hydrogen-bond acceptors (Lipinski definition) is 6. The summed E-state index contributed by atoms with van der Waals surface area (Å²) in [6, 6.07) is 5.22. The number of carbonyl (C=O) groups excluding carboxylic acids is 1. The van der Waals surface area contributed by atoms with Gasteiger partial charge in [-0.1, -0.05) is 25.1 Å². The molecule has 0 unspecified atom stereocenters. The molecule has 1 aromatic carbocycles. The van der Waals surface area contributed by atoms with Crippen LogP contribution in [-0.2, 0) is 18.9 Å². The van der Waals surface area contributed by atoms with Gasteiger partial charge in [0.25, 0.3) is 5.56 Å². The van der Waals surface area contributed by atoms with Crippen LogP contribution in [0.15, 0.2) is 38.8 Å². The van der Waals surface area contributed by atoms with Crippen LogP contribution in [-0.4, -0.2) is 37.5 Å². The Labute approximate surface area is 171 Å². The number of aromatic hydroxyl groups is 1. The first kappa shape index (κ1) is 22.4. The van der Waals surface area contributed by atoms with E-state index < -0.39 is 22.9 Å². The summed E-state index contributed by atoms with van der Waals surface area (Å²) >= 11 is 0.947. The zero-order chi connectivity index (χ0) is 21.6. The highest BCUT2D eigenvalue weighted by Crippen LogP contribution is 2.23. The molecule has 10 heteroatoms. The molecule has 1 heterocycles. The molecular formula is C19H23FN4O4S. The number of benzene rings is 1. The van der Waals surface area contributed by atoms with E-state index in [4.69, 9.17) is 0 Å². The summed E-state index contributed by atoms with van der Waals surface area (Å²) in [5.74, 6) is -1.31. The number of halogens is 1. The van der Waals surface area contributed by atoms with Crippen molar-refractivity contribution in [3.05, 3.63) is 56.5 Å². The van der Waals surface area contributed by atoms with E-state index in [1.807, 2.05) is 6.92 Å². The van der Waals surface area contributed by atoms with Crippen molar-refractivity contribution in [3.8, 4) is 5.88 Å². The summed E-state index contributed by atoms with van der Waals surface area (Å²) in [5.41, 5.74) is -1.31. The minimum absolute atomic E-state index is 0.0465. The van der Waals surface area contributed by atoms with E-state index >= 15 is 0 Å². The summed E-state index contributed by atoms with van der Waals surface area (Å²) in [6.07, 6.45) is 1.78. The first-order valence-electron chi connectivity index (χ1n) is 8.99. The van der Waals surface area contributed by atoms with Gasteiger partial charge in [-0.15, -0.1) is 0 Å². The third-order valence-electron chi connectivity index (χ3n) is 4.10. The summed E-state index contributed by atoms with van der Waals surface area (Å²) in [4.78, 5) is 41.0. The van der Waals surface area contributed by atoms with E-state index in [0.717, 1.165) is 33.7 Å². The van der Waals surface area contributed by atoms with Gasteiger partial charge >= 0.3 is 5.69 Å². The van der Waals surface area contributed by atoms with Crippen molar-refractivity contribution in [1.82, 2.24) is 14.5 Å². The molecule has 2 N–H and O–H groups in total. The van der Waals surface area contributed by atoms with Gasteiger partial charge in [-0.05, 0) is 30.7 Å². The Bertz CT molecular complexity index is 1030. The van der Waals surface area contributed by atoms with Gasteiger partial charge in [0.15, 0.2) is 0 Å². The highest BCUT2D eigenvalue weighted by atomic mass is 32.2. The highest BCUT2D eigenvalue weighted by Gasteiger charge is 2.21. The van der Waals surface area contributed by atoms with Crippen molar-refractivity contribution in [2.45, 2.75) is 19.8 Å². The molecule has 156 valence electrons. The lowest BCUT2D eigenvalue weighted by molar-refractivity contribution is -0.118. The van der Waals surface area contributed by atoms with Crippen LogP contribution < -0.4 is 16.6 Å². The Hall–Kier alpha value is -2.88. The minimum atomic E-state index is -0.745. The van der Waals surface area contributed by atoms with Crippen molar-refractivity contribution >= 4 is 28.4 Å². The van der Waals surface area contributed by atoms with Gasteiger partial charge in [0.05, 0.1) is 11.4 Å². The molecule has 0 saturated heterocycles. The molecule has 1 aromatic heterocycles. The Balaban J connectivity index is 2.46. The number of amides is 1. The SMILES string of the molecule is CCCCNC(=O)CSC(=Nc1ccc(F)cc1)c1c(O)n(C)c(=O)n(C)c1=O. The summed E-state index contributed by atoms with van der Waals surface area (Å²) in [6.45, 7) is 2.54. The topological polar surface area (TPSA) is 106 Å². The Morgan fingerprint density at radius 1 is 1.21 bits per heavy atom. The van der Waals surface area contributed by atoms with Gasteiger partial charge in [-0.3, -0.25) is 18.7 Å². The first-order chi connectivity index (χ1) is 13.8. The van der Waals surface area contributed by atoms with Crippen LogP contribution in [0.1, 0.15) is 25.3 Å². The van der Waals surface area contributed by atoms with Gasteiger partial charge in [-0.25, -0.2) is 14.2 Å². The molecule has 8 nitrogen and oxygen atoms in total. The Morgan fingerprint density at radius 3 is 2.48 bits per heavy atom. The van der Waals surface area contributed by atoms with Crippen LogP contribution in [0.3, 0.4) is 0 Å². The van der Waals surface area contributed by atoms with E-state index in [1.165, 1.54) is 38.4 Å². The highest BCUT2D eigenvalue weighted by molar-refractivity contribution is 8.15. The van der Waals surface area contributed by atoms with Crippen LogP contribution in [0.5, 0.6) is 5.88 Å². The average Bonchev–Trinajstić information content (AvgIpc) is 2.70. The number of aromatic nitrogens is 2. The number of carbonyl (C=O) groups is 1. The fourth-order valence-electron chi connectivity index (χ4n) is 2.40. The lowest BCUT2D eigenvalue weighted by Gasteiger charge is -2.12. The van der Waals surface area contributed by atoms with E-state index in [9.17, 15) is 23.9 Å². The summed E-state index contributed by atoms with van der Waals surface area (Å²) < 4.78 is 14.9. The van der Waals surface area contributed by atoms with Crippen molar-refractivity contribution in [2.24, 2.45) is 19.1 Å². The summed E-state index contributed by atoms with van der Waals surface area (Å²) in [5, 5.41) is 13.2. The van der Waals surface area contributed by atoms with Crippen molar-refractivity contribution in [2.75, 3.05) is 12.3 Å². The molecular weight excluding hydrogens is 399 g/mol. The predicted octanol–water partition coefficient (Wildman–Crippen LogP) is 1.66. The number of nitrogens with one attached hydrogen (secondary N) is 1. The maximum atomic E-state index is 13.2. The molecule has 0 spiro atoms. The second-order valence-corrected chi connectivity index (χ2v) is 7.25. The van der Waals surface area contributed by atoms with Gasteiger partial charge in [0.1, 0.15) is 16.4 Å². The number of aliphatic imine (C=N–C) groups is 1. The third kappa shape index (κ3) is 5.57. The van der Waals surface area contributed by atoms with E-state index in [0.29, 0.717) is 12.2 Å². The molecule has 2 rings (SSSR count). The van der Waals surface area contributed by atoms with Crippen molar-refractivity contribution in [1.29, 1.82) is 0 Å². The zero-order valence-corrected chi connectivity index (χ0v) is 17.3. The quantitative estimate of drug-likeness (QED) is 0.401. The zero-order valence-electron chi connectivity index (χ0n) is 16.4. The lowest BCUT2D eigenvalue weighted by Crippen LogP contribution is -2.39. The van der Waals surface area contributed by atoms with Gasteiger partial charge in [0.2, 0.25) is 11.8 Å². The molecule has 0 radical (unpaired) electrons. The fraction of sp³-hybridized carbons (Fsp3) is 0.368. The fourth-order valence-corrected chi connectivity index (χ4v) is 3.27. The van der Waals surface area contributed by atoms with E-state index in [2.05, 4.69) is 10.3 Å². The van der Waals surface area contributed by atoms with Crippen LogP contribution in [0, 0.1) is 5.82 Å². The monoisotopic (exact) mass is 422 g/mol. The van der Waals surface area contributed by atoms with Gasteiger partial charge in [-0.2, -0.15) is 0 Å². The smallest absolute Gasteiger partial charge is 0.333 e. The van der Waals surface area contributed by atoms with Crippen molar-refractivity contribution in [3.63, 3.8) is 0 Å². The molecule has 0 aliphatic heterocycles. The maximum Gasteiger partial charge on any atom is 0.333 e. The molecule has 1 amide bonds. The van der Waals surface area contributed by atoms with E-state index in [-0.39, 0.29) is 22.3 Å². The van der Waals surface area contributed by atoms with E-state index in [1.54, 1.807) is 0 Å². The van der Waals surface area contributed by atoms with Gasteiger partial charge < -0.3 is 10.4 Å². The lowest BCUT2D eigenvalue weighted by atomic mass is 10.3. The molecule has 0 atom stereocenters. The molecule has 0 bridgehead atoms. The number of unbranched alkanes of at least 4 members (excludes halogenated alkanes) is 1.